The van der Waals surface area contributed by atoms with Crippen molar-refractivity contribution in [2.24, 2.45) is 5.92 Å². The number of hydrogen-bond donors (Lipinski definition) is 1. The smallest absolute Gasteiger partial charge is 0.305 e. The van der Waals surface area contributed by atoms with Gasteiger partial charge in [-0.3, -0.25) is 9.59 Å². The lowest BCUT2D eigenvalue weighted by molar-refractivity contribution is -0.143. The highest BCUT2D eigenvalue weighted by molar-refractivity contribution is 5.97. The van der Waals surface area contributed by atoms with Crippen LogP contribution in [0.5, 0.6) is 5.75 Å². The second-order valence-corrected chi connectivity index (χ2v) is 11.4. The van der Waals surface area contributed by atoms with Gasteiger partial charge >= 0.3 is 5.97 Å². The van der Waals surface area contributed by atoms with Crippen LogP contribution in [0.3, 0.4) is 0 Å². The van der Waals surface area contributed by atoms with E-state index in [-0.39, 0.29) is 29.4 Å². The average Bonchev–Trinajstić information content (AvgIpc) is 3.51. The zero-order valence-electron chi connectivity index (χ0n) is 23.9. The predicted octanol–water partition coefficient (Wildman–Crippen LogP) is 5.69. The molecule has 1 spiro atoms. The number of amides is 1. The molecule has 3 atom stereocenters. The van der Waals surface area contributed by atoms with Crippen LogP contribution in [-0.4, -0.2) is 41.5 Å². The second-order valence-electron chi connectivity index (χ2n) is 11.4. The van der Waals surface area contributed by atoms with Crippen LogP contribution in [-0.2, 0) is 30.9 Å². The first-order valence-corrected chi connectivity index (χ1v) is 14.9. The van der Waals surface area contributed by atoms with Gasteiger partial charge in [-0.15, -0.1) is 0 Å². The summed E-state index contributed by atoms with van der Waals surface area (Å²) in [5.41, 5.74) is 4.83. The third-order valence-corrected chi connectivity index (χ3v) is 8.73. The van der Waals surface area contributed by atoms with E-state index in [0.29, 0.717) is 43.7 Å². The van der Waals surface area contributed by atoms with Gasteiger partial charge in [0.1, 0.15) is 12.0 Å². The Labute approximate surface area is 245 Å². The number of ether oxygens (including phenoxy) is 3. The normalized spacial score (nSPS) is 22.5. The fourth-order valence-corrected chi connectivity index (χ4v) is 6.36. The number of rotatable bonds is 9. The van der Waals surface area contributed by atoms with Crippen LogP contribution in [0.1, 0.15) is 74.8 Å². The molecule has 9 nitrogen and oxygen atoms in total. The van der Waals surface area contributed by atoms with E-state index in [2.05, 4.69) is 22.6 Å². The summed E-state index contributed by atoms with van der Waals surface area (Å²) in [6.07, 6.45) is 10.1. The fourth-order valence-electron chi connectivity index (χ4n) is 6.36. The first-order valence-electron chi connectivity index (χ1n) is 14.9. The first kappa shape index (κ1) is 28.0. The minimum Gasteiger partial charge on any atom is -0.493 e. The maximum atomic E-state index is 13.7. The van der Waals surface area contributed by atoms with Crippen molar-refractivity contribution in [1.29, 1.82) is 5.26 Å². The molecule has 1 saturated heterocycles. The van der Waals surface area contributed by atoms with E-state index in [1.54, 1.807) is 19.1 Å². The molecule has 1 amide bonds. The highest BCUT2D eigenvalue weighted by atomic mass is 16.5. The van der Waals surface area contributed by atoms with Crippen molar-refractivity contribution in [3.05, 3.63) is 65.5 Å². The summed E-state index contributed by atoms with van der Waals surface area (Å²) in [4.78, 5) is 25.5. The van der Waals surface area contributed by atoms with Gasteiger partial charge in [-0.25, -0.2) is 4.68 Å². The Balaban J connectivity index is 1.19. The predicted molar refractivity (Wildman–Crippen MR) is 156 cm³/mol. The zero-order valence-corrected chi connectivity index (χ0v) is 23.9. The van der Waals surface area contributed by atoms with Crippen molar-refractivity contribution < 1.29 is 23.8 Å². The second kappa shape index (κ2) is 12.0. The molecule has 1 unspecified atom stereocenters. The molecule has 0 bridgehead atoms. The monoisotopic (exact) mass is 568 g/mol. The van der Waals surface area contributed by atoms with Crippen molar-refractivity contribution in [3.63, 3.8) is 0 Å². The highest BCUT2D eigenvalue weighted by Crippen LogP contribution is 2.61. The van der Waals surface area contributed by atoms with E-state index >= 15 is 0 Å². The number of aromatic nitrogens is 2. The number of nitriles is 1. The van der Waals surface area contributed by atoms with Crippen LogP contribution in [0.15, 0.2) is 48.8 Å². The van der Waals surface area contributed by atoms with Gasteiger partial charge in [0.15, 0.2) is 0 Å². The number of carbonyl (C=O) groups is 2. The van der Waals surface area contributed by atoms with Crippen molar-refractivity contribution in [3.8, 4) is 22.9 Å². The molecule has 1 N–H and O–H groups in total. The van der Waals surface area contributed by atoms with E-state index in [1.165, 1.54) is 0 Å². The molecule has 1 aromatic heterocycles. The van der Waals surface area contributed by atoms with Crippen molar-refractivity contribution in [1.82, 2.24) is 9.78 Å². The van der Waals surface area contributed by atoms with Gasteiger partial charge in [0.2, 0.25) is 5.91 Å². The first-order chi connectivity index (χ1) is 20.5. The van der Waals surface area contributed by atoms with Crippen LogP contribution in [0.25, 0.3) is 11.1 Å². The van der Waals surface area contributed by atoms with Gasteiger partial charge in [0.05, 0.1) is 31.0 Å². The summed E-state index contributed by atoms with van der Waals surface area (Å²) in [5, 5.41) is 17.2. The summed E-state index contributed by atoms with van der Waals surface area (Å²) in [5.74, 6) is 0.336. The Kier molecular flexibility index (Phi) is 7.98. The molecule has 0 radical (unpaired) electrons. The van der Waals surface area contributed by atoms with Crippen molar-refractivity contribution >= 4 is 17.6 Å². The zero-order chi connectivity index (χ0) is 29.1. The van der Waals surface area contributed by atoms with Crippen molar-refractivity contribution in [2.75, 3.05) is 25.1 Å². The summed E-state index contributed by atoms with van der Waals surface area (Å²) < 4.78 is 18.9. The van der Waals surface area contributed by atoms with Gasteiger partial charge in [0.25, 0.3) is 0 Å². The van der Waals surface area contributed by atoms with Gasteiger partial charge in [-0.1, -0.05) is 12.1 Å². The third-order valence-electron chi connectivity index (χ3n) is 8.73. The number of hydrogen-bond acceptors (Lipinski definition) is 7. The highest BCUT2D eigenvalue weighted by Gasteiger charge is 2.61. The quantitative estimate of drug-likeness (QED) is 0.330. The Morgan fingerprint density at radius 3 is 2.90 bits per heavy atom. The molecule has 6 rings (SSSR count). The molecule has 2 aliphatic heterocycles. The molecule has 3 aromatic rings. The van der Waals surface area contributed by atoms with Crippen LogP contribution >= 0.6 is 0 Å². The lowest BCUT2D eigenvalue weighted by atomic mass is 9.85. The van der Waals surface area contributed by atoms with Crippen LogP contribution in [0.4, 0.5) is 5.69 Å². The minimum atomic E-state index is -0.285. The maximum Gasteiger partial charge on any atom is 0.305 e. The standard InChI is InChI=1S/C33H36N4O5/c1-2-40-31(38)8-5-6-23-10-9-22(19-34)16-28(23)36-32(39)27-18-33(27)13-15-41-29-12-11-24(17-26(29)33)25-20-35-37(21-25)30-7-3-4-14-42-30/h9-12,16-17,20-21,27,30H,2-8,13-15,18H2,1H3,(H,36,39)/t27-,30?,33-/m0/s1. The molecule has 3 heterocycles. The average molecular weight is 569 g/mol. The Hall–Kier alpha value is -4.16. The number of carbonyl (C=O) groups excluding carboxylic acids is 2. The molecule has 42 heavy (non-hydrogen) atoms. The van der Waals surface area contributed by atoms with Gasteiger partial charge in [0, 0.05) is 47.4 Å². The summed E-state index contributed by atoms with van der Waals surface area (Å²) >= 11 is 0. The summed E-state index contributed by atoms with van der Waals surface area (Å²) in [6, 6.07) is 13.7. The lowest BCUT2D eigenvalue weighted by Crippen LogP contribution is -2.27. The topological polar surface area (TPSA) is 115 Å². The van der Waals surface area contributed by atoms with E-state index in [1.807, 2.05) is 35.3 Å². The Morgan fingerprint density at radius 1 is 1.19 bits per heavy atom. The number of fused-ring (bicyclic) bond motifs is 2. The van der Waals surface area contributed by atoms with Gasteiger partial charge < -0.3 is 19.5 Å². The molecule has 2 aromatic carbocycles. The molecular weight excluding hydrogens is 532 g/mol. The number of aryl methyl sites for hydroxylation is 1. The lowest BCUT2D eigenvalue weighted by Gasteiger charge is -2.27. The summed E-state index contributed by atoms with van der Waals surface area (Å²) in [6.45, 7) is 3.47. The SMILES string of the molecule is CCOC(=O)CCCc1ccc(C#N)cc1NC(=O)[C@@H]1C[C@]12CCOc1ccc(-c3cnn(C4CCCCO4)c3)cc12. The Bertz CT molecular complexity index is 1520. The number of nitrogens with zero attached hydrogens (tertiary/aromatic N) is 3. The minimum absolute atomic E-state index is 0.0223. The molecule has 1 aliphatic carbocycles. The van der Waals surface area contributed by atoms with E-state index in [0.717, 1.165) is 66.7 Å². The molecular formula is C33H36N4O5. The number of anilines is 1. The molecule has 218 valence electrons. The van der Waals surface area contributed by atoms with E-state index < -0.39 is 0 Å². The summed E-state index contributed by atoms with van der Waals surface area (Å²) in [7, 11) is 0. The van der Waals surface area contributed by atoms with Crippen molar-refractivity contribution in [2.45, 2.75) is 69.9 Å². The largest absolute Gasteiger partial charge is 0.493 e. The number of benzene rings is 2. The number of nitrogens with one attached hydrogen (secondary N) is 1. The van der Waals surface area contributed by atoms with Gasteiger partial charge in [-0.05, 0) is 87.3 Å². The van der Waals surface area contributed by atoms with Crippen LogP contribution in [0.2, 0.25) is 0 Å². The van der Waals surface area contributed by atoms with Crippen LogP contribution in [0, 0.1) is 17.2 Å². The van der Waals surface area contributed by atoms with E-state index in [4.69, 9.17) is 14.2 Å². The fraction of sp³-hybridized carbons (Fsp3) is 0.455. The third kappa shape index (κ3) is 5.64. The van der Waals surface area contributed by atoms with Crippen LogP contribution < -0.4 is 10.1 Å². The molecule has 3 aliphatic rings. The molecule has 1 saturated carbocycles. The maximum absolute atomic E-state index is 13.7. The van der Waals surface area contributed by atoms with Gasteiger partial charge in [-0.2, -0.15) is 10.4 Å². The number of esters is 1. The molecule has 2 fully saturated rings. The molecule has 9 heteroatoms. The Morgan fingerprint density at radius 2 is 2.10 bits per heavy atom. The van der Waals surface area contributed by atoms with E-state index in [9.17, 15) is 14.9 Å².